The fourth-order valence-corrected chi connectivity index (χ4v) is 2.66. The maximum Gasteiger partial charge on any atom is 0.435 e. The average Bonchev–Trinajstić information content (AvgIpc) is 3.03. The van der Waals surface area contributed by atoms with Crippen LogP contribution in [0.5, 0.6) is 5.75 Å². The number of hydrogen-bond donors (Lipinski definition) is 0. The van der Waals surface area contributed by atoms with Crippen molar-refractivity contribution in [3.05, 3.63) is 70.4 Å². The molecule has 0 aliphatic heterocycles. The van der Waals surface area contributed by atoms with Crippen molar-refractivity contribution in [1.82, 2.24) is 9.78 Å². The molecule has 0 amide bonds. The fraction of sp³-hybridized carbons (Fsp3) is 0.158. The normalized spacial score (nSPS) is 11.3. The van der Waals surface area contributed by atoms with E-state index in [4.69, 9.17) is 16.3 Å². The van der Waals surface area contributed by atoms with Crippen LogP contribution in [0.25, 0.3) is 11.3 Å². The Hall–Kier alpha value is -2.98. The lowest BCUT2D eigenvalue weighted by molar-refractivity contribution is -0.141. The lowest BCUT2D eigenvalue weighted by atomic mass is 10.0. The van der Waals surface area contributed by atoms with Crippen LogP contribution in [0, 0.1) is 11.3 Å². The number of benzene rings is 2. The highest BCUT2D eigenvalue weighted by Crippen LogP contribution is 2.33. The number of aromatic nitrogens is 2. The lowest BCUT2D eigenvalue weighted by Gasteiger charge is -2.09. The molecule has 3 rings (SSSR count). The second-order valence-electron chi connectivity index (χ2n) is 5.77. The minimum absolute atomic E-state index is 0.195. The predicted molar refractivity (Wildman–Crippen MR) is 94.1 cm³/mol. The SMILES string of the molecule is Cn1nc(C(F)(F)F)cc1-c1ccc(OCc2ccc(Cl)cc2)cc1C#N. The van der Waals surface area contributed by atoms with Crippen molar-refractivity contribution in [3.63, 3.8) is 0 Å². The van der Waals surface area contributed by atoms with Gasteiger partial charge in [0.2, 0.25) is 0 Å². The number of rotatable bonds is 4. The topological polar surface area (TPSA) is 50.8 Å². The first-order valence-electron chi connectivity index (χ1n) is 7.81. The second kappa shape index (κ2) is 7.33. The van der Waals surface area contributed by atoms with Crippen LogP contribution < -0.4 is 4.74 Å². The Morgan fingerprint density at radius 2 is 1.85 bits per heavy atom. The molecular formula is C19H13ClF3N3O. The monoisotopic (exact) mass is 391 g/mol. The molecule has 0 saturated carbocycles. The van der Waals surface area contributed by atoms with Crippen molar-refractivity contribution in [2.45, 2.75) is 12.8 Å². The lowest BCUT2D eigenvalue weighted by Crippen LogP contribution is -2.06. The molecule has 1 heterocycles. The van der Waals surface area contributed by atoms with Gasteiger partial charge in [-0.15, -0.1) is 0 Å². The summed E-state index contributed by atoms with van der Waals surface area (Å²) in [7, 11) is 1.40. The molecule has 0 atom stereocenters. The van der Waals surface area contributed by atoms with Gasteiger partial charge in [0.25, 0.3) is 0 Å². The van der Waals surface area contributed by atoms with Gasteiger partial charge >= 0.3 is 6.18 Å². The molecule has 0 N–H and O–H groups in total. The summed E-state index contributed by atoms with van der Waals surface area (Å²) in [6.45, 7) is 0.269. The van der Waals surface area contributed by atoms with E-state index >= 15 is 0 Å². The van der Waals surface area contributed by atoms with Crippen LogP contribution in [0.3, 0.4) is 0 Å². The second-order valence-corrected chi connectivity index (χ2v) is 6.21. The molecular weight excluding hydrogens is 379 g/mol. The van der Waals surface area contributed by atoms with E-state index in [1.807, 2.05) is 18.2 Å². The molecule has 8 heteroatoms. The molecule has 0 saturated heterocycles. The molecule has 0 unspecified atom stereocenters. The van der Waals surface area contributed by atoms with Crippen molar-refractivity contribution < 1.29 is 17.9 Å². The van der Waals surface area contributed by atoms with Gasteiger partial charge < -0.3 is 4.74 Å². The van der Waals surface area contributed by atoms with Crippen molar-refractivity contribution in [2.24, 2.45) is 7.05 Å². The summed E-state index contributed by atoms with van der Waals surface area (Å²) >= 11 is 5.83. The zero-order valence-electron chi connectivity index (χ0n) is 14.1. The van der Waals surface area contributed by atoms with Crippen LogP contribution in [0.1, 0.15) is 16.8 Å². The summed E-state index contributed by atoms with van der Waals surface area (Å²) in [5.74, 6) is 0.434. The summed E-state index contributed by atoms with van der Waals surface area (Å²) in [6, 6.07) is 14.7. The molecule has 3 aromatic rings. The zero-order chi connectivity index (χ0) is 19.6. The van der Waals surface area contributed by atoms with Crippen molar-refractivity contribution in [3.8, 4) is 23.1 Å². The Labute approximate surface area is 158 Å². The van der Waals surface area contributed by atoms with Gasteiger partial charge in [0.05, 0.1) is 17.3 Å². The number of halogens is 4. The Bertz CT molecular complexity index is 1000. The van der Waals surface area contributed by atoms with Crippen molar-refractivity contribution in [2.75, 3.05) is 0 Å². The van der Waals surface area contributed by atoms with E-state index in [2.05, 4.69) is 5.10 Å². The number of hydrogen-bond acceptors (Lipinski definition) is 3. The highest BCUT2D eigenvalue weighted by molar-refractivity contribution is 6.30. The van der Waals surface area contributed by atoms with Crippen molar-refractivity contribution >= 4 is 11.6 Å². The Morgan fingerprint density at radius 1 is 1.15 bits per heavy atom. The number of nitrogens with zero attached hydrogens (tertiary/aromatic N) is 3. The first kappa shape index (κ1) is 18.8. The van der Waals surface area contributed by atoms with Gasteiger partial charge in [0.1, 0.15) is 12.4 Å². The van der Waals surface area contributed by atoms with E-state index in [9.17, 15) is 18.4 Å². The van der Waals surface area contributed by atoms with Crippen molar-refractivity contribution in [1.29, 1.82) is 5.26 Å². The zero-order valence-corrected chi connectivity index (χ0v) is 14.8. The predicted octanol–water partition coefficient (Wildman–Crippen LogP) is 5.21. The molecule has 2 aromatic carbocycles. The van der Waals surface area contributed by atoms with E-state index in [-0.39, 0.29) is 17.9 Å². The molecule has 4 nitrogen and oxygen atoms in total. The fourth-order valence-electron chi connectivity index (χ4n) is 2.53. The Balaban J connectivity index is 1.86. The van der Waals surface area contributed by atoms with E-state index in [1.54, 1.807) is 24.3 Å². The first-order valence-corrected chi connectivity index (χ1v) is 8.19. The summed E-state index contributed by atoms with van der Waals surface area (Å²) in [4.78, 5) is 0. The number of aryl methyl sites for hydroxylation is 1. The molecule has 0 spiro atoms. The van der Waals surface area contributed by atoms with Crippen LogP contribution in [0.4, 0.5) is 13.2 Å². The highest BCUT2D eigenvalue weighted by atomic mass is 35.5. The minimum Gasteiger partial charge on any atom is -0.489 e. The largest absolute Gasteiger partial charge is 0.489 e. The minimum atomic E-state index is -4.55. The molecule has 0 fully saturated rings. The molecule has 0 bridgehead atoms. The standard InChI is InChI=1S/C19H13ClF3N3O/c1-26-17(9-18(25-26)19(21,22)23)16-7-6-15(8-13(16)10-24)27-11-12-2-4-14(20)5-3-12/h2-9H,11H2,1H3. The van der Waals surface area contributed by atoms with Gasteiger partial charge in [-0.05, 0) is 42.0 Å². The number of ether oxygens (including phenoxy) is 1. The van der Waals surface area contributed by atoms with Crippen LogP contribution >= 0.6 is 11.6 Å². The molecule has 0 aliphatic rings. The van der Waals surface area contributed by atoms with E-state index in [0.717, 1.165) is 16.3 Å². The molecule has 0 aliphatic carbocycles. The first-order chi connectivity index (χ1) is 12.8. The molecule has 0 radical (unpaired) electrons. The summed E-state index contributed by atoms with van der Waals surface area (Å²) in [5.41, 5.74) is 0.626. The molecule has 138 valence electrons. The number of nitriles is 1. The number of alkyl halides is 3. The summed E-state index contributed by atoms with van der Waals surface area (Å²) in [5, 5.41) is 13.5. The van der Waals surface area contributed by atoms with Gasteiger partial charge in [-0.1, -0.05) is 23.7 Å². The maximum atomic E-state index is 12.9. The molecule has 27 heavy (non-hydrogen) atoms. The quantitative estimate of drug-likeness (QED) is 0.613. The van der Waals surface area contributed by atoms with Gasteiger partial charge in [-0.2, -0.15) is 23.5 Å². The third-order valence-electron chi connectivity index (χ3n) is 3.88. The van der Waals surface area contributed by atoms with Gasteiger partial charge in [-0.3, -0.25) is 4.68 Å². The van der Waals surface area contributed by atoms with Gasteiger partial charge in [-0.25, -0.2) is 0 Å². The average molecular weight is 392 g/mol. The van der Waals surface area contributed by atoms with E-state index < -0.39 is 11.9 Å². The van der Waals surface area contributed by atoms with Crippen LogP contribution in [0.15, 0.2) is 48.5 Å². The maximum absolute atomic E-state index is 12.9. The Kier molecular flexibility index (Phi) is 5.10. The van der Waals surface area contributed by atoms with Crippen LogP contribution in [0.2, 0.25) is 5.02 Å². The van der Waals surface area contributed by atoms with Gasteiger partial charge in [0, 0.05) is 17.6 Å². The van der Waals surface area contributed by atoms with E-state index in [0.29, 0.717) is 16.3 Å². The highest BCUT2D eigenvalue weighted by Gasteiger charge is 2.34. The molecule has 1 aromatic heterocycles. The van der Waals surface area contributed by atoms with E-state index in [1.165, 1.54) is 13.1 Å². The summed E-state index contributed by atoms with van der Waals surface area (Å²) < 4.78 is 45.3. The third-order valence-corrected chi connectivity index (χ3v) is 4.13. The van der Waals surface area contributed by atoms with Crippen LogP contribution in [-0.2, 0) is 19.8 Å². The van der Waals surface area contributed by atoms with Crippen LogP contribution in [-0.4, -0.2) is 9.78 Å². The van der Waals surface area contributed by atoms with Gasteiger partial charge in [0.15, 0.2) is 5.69 Å². The summed E-state index contributed by atoms with van der Waals surface area (Å²) in [6.07, 6.45) is -4.55. The Morgan fingerprint density at radius 3 is 2.44 bits per heavy atom. The smallest absolute Gasteiger partial charge is 0.435 e. The third kappa shape index (κ3) is 4.23.